The van der Waals surface area contributed by atoms with Crippen molar-refractivity contribution in [2.75, 3.05) is 0 Å². The van der Waals surface area contributed by atoms with E-state index in [0.29, 0.717) is 18.6 Å². The van der Waals surface area contributed by atoms with Gasteiger partial charge in [0.1, 0.15) is 6.04 Å². The Morgan fingerprint density at radius 1 is 1.23 bits per heavy atom. The van der Waals surface area contributed by atoms with E-state index in [4.69, 9.17) is 4.98 Å². The number of fused-ring (bicyclic) bond motifs is 1. The lowest BCUT2D eigenvalue weighted by molar-refractivity contribution is -0.127. The molecule has 0 aromatic carbocycles. The van der Waals surface area contributed by atoms with Gasteiger partial charge < -0.3 is 10.6 Å². The highest BCUT2D eigenvalue weighted by Crippen LogP contribution is 2.42. The minimum absolute atomic E-state index is 0.0425. The maximum atomic E-state index is 12.9. The third kappa shape index (κ3) is 5.11. The van der Waals surface area contributed by atoms with Crippen molar-refractivity contribution in [3.8, 4) is 0 Å². The summed E-state index contributed by atoms with van der Waals surface area (Å²) in [6, 6.07) is 2.46. The van der Waals surface area contributed by atoms with Crippen LogP contribution in [0.25, 0.3) is 11.2 Å². The predicted octanol–water partition coefficient (Wildman–Crippen LogP) is 2.16. The van der Waals surface area contributed by atoms with Crippen molar-refractivity contribution >= 4 is 29.0 Å². The first-order chi connectivity index (χ1) is 16.2. The van der Waals surface area contributed by atoms with Gasteiger partial charge in [0.25, 0.3) is 5.91 Å². The molecule has 10 heteroatoms. The van der Waals surface area contributed by atoms with Crippen LogP contribution in [0.15, 0.2) is 16.9 Å². The number of carbonyl (C=O) groups excluding carboxylic acids is 3. The summed E-state index contributed by atoms with van der Waals surface area (Å²) in [7, 11) is 1.76. The zero-order valence-electron chi connectivity index (χ0n) is 21.4. The lowest BCUT2D eigenvalue weighted by Crippen LogP contribution is -2.49. The molecule has 0 spiro atoms. The third-order valence-electron chi connectivity index (χ3n) is 7.24. The summed E-state index contributed by atoms with van der Waals surface area (Å²) in [5, 5.41) is 7.73. The summed E-state index contributed by atoms with van der Waals surface area (Å²) in [4.78, 5) is 53.7. The molecule has 1 aliphatic heterocycles. The number of amides is 4. The lowest BCUT2D eigenvalue weighted by atomic mass is 9.68. The van der Waals surface area contributed by atoms with Gasteiger partial charge in [0.15, 0.2) is 5.65 Å². The van der Waals surface area contributed by atoms with E-state index >= 15 is 0 Å². The van der Waals surface area contributed by atoms with E-state index in [1.54, 1.807) is 16.2 Å². The summed E-state index contributed by atoms with van der Waals surface area (Å²) in [6.45, 7) is 11.2. The molecular formula is C25H36N6O4. The number of aromatic nitrogens is 3. The molecule has 2 aliphatic rings. The van der Waals surface area contributed by atoms with E-state index in [0.717, 1.165) is 24.1 Å². The van der Waals surface area contributed by atoms with Crippen molar-refractivity contribution in [2.24, 2.45) is 17.9 Å². The molecule has 4 rings (SSSR count). The Balaban J connectivity index is 1.53. The Bertz CT molecular complexity index is 1240. The zero-order valence-corrected chi connectivity index (χ0v) is 21.4. The molecule has 3 N–H and O–H groups in total. The minimum atomic E-state index is -0.840. The third-order valence-corrected chi connectivity index (χ3v) is 7.24. The van der Waals surface area contributed by atoms with Crippen LogP contribution in [0.2, 0.25) is 0 Å². The highest BCUT2D eigenvalue weighted by Gasteiger charge is 2.39. The van der Waals surface area contributed by atoms with Crippen molar-refractivity contribution in [1.82, 2.24) is 30.1 Å². The minimum Gasteiger partial charge on any atom is -0.353 e. The number of hydrogen-bond acceptors (Lipinski definition) is 5. The Labute approximate surface area is 204 Å². The molecule has 35 heavy (non-hydrogen) atoms. The fraction of sp³-hybridized carbons (Fsp3) is 0.640. The number of nitrogens with zero attached hydrogens (tertiary/aromatic N) is 3. The van der Waals surface area contributed by atoms with Crippen molar-refractivity contribution in [3.05, 3.63) is 28.3 Å². The van der Waals surface area contributed by atoms with Crippen molar-refractivity contribution in [1.29, 1.82) is 0 Å². The molecule has 3 unspecified atom stereocenters. The van der Waals surface area contributed by atoms with Crippen LogP contribution >= 0.6 is 0 Å². The zero-order chi connectivity index (χ0) is 25.7. The molecule has 3 atom stereocenters. The molecule has 4 amide bonds. The van der Waals surface area contributed by atoms with Gasteiger partial charge >= 0.3 is 11.7 Å². The standard InChI is InChI=1S/C25H36N6O4/c1-24(2,3)13-31-17-8-7-15(26-20(17)30(6)23(31)35)14-9-10-25(4,5)18(11-14)28-19(32)12-16-21(33)29-22(34)27-16/h7-8,14,16,18H,9-13H2,1-6H3,(H,28,32)(H2,27,29,33,34). The van der Waals surface area contributed by atoms with Gasteiger partial charge in [0.2, 0.25) is 5.91 Å². The Kier molecular flexibility index (Phi) is 6.27. The molecular weight excluding hydrogens is 448 g/mol. The van der Waals surface area contributed by atoms with Crippen LogP contribution in [0.5, 0.6) is 0 Å². The molecule has 0 bridgehead atoms. The van der Waals surface area contributed by atoms with E-state index in [1.807, 2.05) is 12.1 Å². The van der Waals surface area contributed by atoms with Gasteiger partial charge in [0, 0.05) is 31.2 Å². The Hall–Kier alpha value is -3.17. The van der Waals surface area contributed by atoms with Gasteiger partial charge in [-0.1, -0.05) is 34.6 Å². The number of carbonyl (C=O) groups is 3. The number of nitrogens with one attached hydrogen (secondary N) is 3. The first-order valence-electron chi connectivity index (χ1n) is 12.2. The van der Waals surface area contributed by atoms with Gasteiger partial charge in [-0.15, -0.1) is 0 Å². The second-order valence-corrected chi connectivity index (χ2v) is 11.9. The largest absolute Gasteiger partial charge is 0.353 e. The summed E-state index contributed by atoms with van der Waals surface area (Å²) in [5.41, 5.74) is 2.18. The highest BCUT2D eigenvalue weighted by atomic mass is 16.2. The molecule has 10 nitrogen and oxygen atoms in total. The van der Waals surface area contributed by atoms with Crippen LogP contribution in [-0.2, 0) is 23.2 Å². The molecule has 2 aromatic heterocycles. The van der Waals surface area contributed by atoms with Gasteiger partial charge in [0.05, 0.1) is 11.9 Å². The first-order valence-corrected chi connectivity index (χ1v) is 12.2. The summed E-state index contributed by atoms with van der Waals surface area (Å²) >= 11 is 0. The number of imide groups is 1. The fourth-order valence-corrected chi connectivity index (χ4v) is 5.15. The number of pyridine rings is 1. The maximum Gasteiger partial charge on any atom is 0.330 e. The van der Waals surface area contributed by atoms with Crippen molar-refractivity contribution in [2.45, 2.75) is 84.8 Å². The lowest BCUT2D eigenvalue weighted by Gasteiger charge is -2.42. The molecule has 1 aliphatic carbocycles. The fourth-order valence-electron chi connectivity index (χ4n) is 5.15. The van der Waals surface area contributed by atoms with E-state index < -0.39 is 18.0 Å². The molecule has 0 radical (unpaired) electrons. The second-order valence-electron chi connectivity index (χ2n) is 11.9. The molecule has 2 fully saturated rings. The van der Waals surface area contributed by atoms with Crippen molar-refractivity contribution in [3.63, 3.8) is 0 Å². The van der Waals surface area contributed by atoms with Crippen LogP contribution in [0, 0.1) is 10.8 Å². The van der Waals surface area contributed by atoms with Gasteiger partial charge in [-0.2, -0.15) is 0 Å². The van der Waals surface area contributed by atoms with Crippen LogP contribution in [0.1, 0.15) is 71.9 Å². The van der Waals surface area contributed by atoms with Crippen molar-refractivity contribution < 1.29 is 14.4 Å². The predicted molar refractivity (Wildman–Crippen MR) is 132 cm³/mol. The van der Waals surface area contributed by atoms with E-state index in [2.05, 4.69) is 50.6 Å². The molecule has 2 aromatic rings. The molecule has 1 saturated carbocycles. The average Bonchev–Trinajstić information content (AvgIpc) is 3.18. The monoisotopic (exact) mass is 484 g/mol. The topological polar surface area (TPSA) is 127 Å². The summed E-state index contributed by atoms with van der Waals surface area (Å²) in [5.74, 6) is -0.614. The summed E-state index contributed by atoms with van der Waals surface area (Å²) in [6.07, 6.45) is 2.43. The summed E-state index contributed by atoms with van der Waals surface area (Å²) < 4.78 is 3.40. The molecule has 3 heterocycles. The van der Waals surface area contributed by atoms with Crippen LogP contribution in [0.3, 0.4) is 0 Å². The smallest absolute Gasteiger partial charge is 0.330 e. The average molecular weight is 485 g/mol. The number of imidazole rings is 1. The van der Waals surface area contributed by atoms with Gasteiger partial charge in [-0.3, -0.25) is 24.0 Å². The molecule has 190 valence electrons. The van der Waals surface area contributed by atoms with Crippen LogP contribution < -0.4 is 21.6 Å². The number of rotatable bonds is 5. The quantitative estimate of drug-likeness (QED) is 0.561. The van der Waals surface area contributed by atoms with Crippen LogP contribution in [-0.4, -0.2) is 44.0 Å². The number of urea groups is 1. The highest BCUT2D eigenvalue weighted by molar-refractivity contribution is 6.05. The van der Waals surface area contributed by atoms with E-state index in [1.165, 1.54) is 0 Å². The SMILES string of the molecule is Cn1c(=O)n(CC(C)(C)C)c2ccc(C3CCC(C)(C)C(NC(=O)CC4NC(=O)NC4=O)C3)nc21. The second kappa shape index (κ2) is 8.80. The van der Waals surface area contributed by atoms with E-state index in [-0.39, 0.29) is 40.8 Å². The van der Waals surface area contributed by atoms with Crippen LogP contribution in [0.4, 0.5) is 4.79 Å². The molecule has 1 saturated heterocycles. The number of aryl methyl sites for hydroxylation is 1. The Morgan fingerprint density at radius 2 is 1.94 bits per heavy atom. The van der Waals surface area contributed by atoms with Gasteiger partial charge in [-0.05, 0) is 42.2 Å². The maximum absolute atomic E-state index is 12.9. The Morgan fingerprint density at radius 3 is 2.57 bits per heavy atom. The van der Waals surface area contributed by atoms with Gasteiger partial charge in [-0.25, -0.2) is 14.6 Å². The first kappa shape index (κ1) is 24.9. The number of hydrogen-bond donors (Lipinski definition) is 3. The van der Waals surface area contributed by atoms with E-state index in [9.17, 15) is 19.2 Å². The normalized spacial score (nSPS) is 24.3.